The molecule has 122 valence electrons. The SMILES string of the molecule is CC(=O)N[C@@H]1[C@@H](OCc2ccccc2)O[C@H](CO)[C@H](O)[C@H]1O. The molecule has 1 aromatic carbocycles. The van der Waals surface area contributed by atoms with Gasteiger partial charge >= 0.3 is 0 Å². The molecule has 2 rings (SSSR count). The first-order chi connectivity index (χ1) is 10.5. The Bertz CT molecular complexity index is 482. The lowest BCUT2D eigenvalue weighted by Crippen LogP contribution is -2.64. The van der Waals surface area contributed by atoms with Crippen molar-refractivity contribution in [2.45, 2.75) is 44.2 Å². The molecule has 4 N–H and O–H groups in total. The van der Waals surface area contributed by atoms with Crippen LogP contribution in [0.25, 0.3) is 0 Å². The second kappa shape index (κ2) is 7.66. The second-order valence-corrected chi connectivity index (χ2v) is 5.23. The van der Waals surface area contributed by atoms with Crippen molar-refractivity contribution < 1.29 is 29.6 Å². The van der Waals surface area contributed by atoms with Crippen molar-refractivity contribution in [2.75, 3.05) is 6.61 Å². The summed E-state index contributed by atoms with van der Waals surface area (Å²) in [5, 5.41) is 31.7. The first-order valence-electron chi connectivity index (χ1n) is 7.08. The van der Waals surface area contributed by atoms with Crippen LogP contribution in [-0.4, -0.2) is 58.5 Å². The Labute approximate surface area is 128 Å². The van der Waals surface area contributed by atoms with Gasteiger partial charge < -0.3 is 30.1 Å². The quantitative estimate of drug-likeness (QED) is 0.564. The van der Waals surface area contributed by atoms with Crippen LogP contribution in [0.3, 0.4) is 0 Å². The summed E-state index contributed by atoms with van der Waals surface area (Å²) in [6.45, 7) is 1.05. The van der Waals surface area contributed by atoms with E-state index in [4.69, 9.17) is 9.47 Å². The molecule has 22 heavy (non-hydrogen) atoms. The molecular weight excluding hydrogens is 290 g/mol. The van der Waals surface area contributed by atoms with E-state index >= 15 is 0 Å². The van der Waals surface area contributed by atoms with Gasteiger partial charge in [-0.1, -0.05) is 30.3 Å². The zero-order valence-electron chi connectivity index (χ0n) is 12.3. The minimum Gasteiger partial charge on any atom is -0.394 e. The maximum absolute atomic E-state index is 11.3. The molecule has 1 aliphatic heterocycles. The number of hydrogen-bond acceptors (Lipinski definition) is 6. The van der Waals surface area contributed by atoms with Gasteiger partial charge in [0.25, 0.3) is 0 Å². The van der Waals surface area contributed by atoms with Crippen molar-refractivity contribution in [3.8, 4) is 0 Å². The lowest BCUT2D eigenvalue weighted by atomic mass is 9.97. The lowest BCUT2D eigenvalue weighted by molar-refractivity contribution is -0.273. The maximum Gasteiger partial charge on any atom is 0.217 e. The Kier molecular flexibility index (Phi) is 5.87. The minimum absolute atomic E-state index is 0.211. The van der Waals surface area contributed by atoms with Crippen molar-refractivity contribution in [3.63, 3.8) is 0 Å². The topological polar surface area (TPSA) is 108 Å². The summed E-state index contributed by atoms with van der Waals surface area (Å²) in [5.74, 6) is -0.379. The number of aliphatic hydroxyl groups excluding tert-OH is 3. The zero-order chi connectivity index (χ0) is 16.1. The van der Waals surface area contributed by atoms with Crippen LogP contribution in [0.15, 0.2) is 30.3 Å². The Morgan fingerprint density at radius 2 is 1.95 bits per heavy atom. The van der Waals surface area contributed by atoms with E-state index in [9.17, 15) is 20.1 Å². The van der Waals surface area contributed by atoms with Gasteiger partial charge in [0.1, 0.15) is 24.4 Å². The fraction of sp³-hybridized carbons (Fsp3) is 0.533. The summed E-state index contributed by atoms with van der Waals surface area (Å²) < 4.78 is 11.1. The van der Waals surface area contributed by atoms with Crippen molar-refractivity contribution >= 4 is 5.91 Å². The molecule has 0 spiro atoms. The number of carbonyl (C=O) groups is 1. The van der Waals surface area contributed by atoms with E-state index in [0.717, 1.165) is 5.56 Å². The van der Waals surface area contributed by atoms with Crippen LogP contribution < -0.4 is 5.32 Å². The van der Waals surface area contributed by atoms with Crippen molar-refractivity contribution in [2.24, 2.45) is 0 Å². The first kappa shape index (κ1) is 16.9. The Morgan fingerprint density at radius 1 is 1.27 bits per heavy atom. The number of amides is 1. The van der Waals surface area contributed by atoms with Gasteiger partial charge in [0.15, 0.2) is 6.29 Å². The number of hydrogen-bond donors (Lipinski definition) is 4. The summed E-state index contributed by atoms with van der Waals surface area (Å²) >= 11 is 0. The molecule has 5 atom stereocenters. The molecule has 1 saturated heterocycles. The molecule has 0 radical (unpaired) electrons. The predicted molar refractivity (Wildman–Crippen MR) is 76.6 cm³/mol. The first-order valence-corrected chi connectivity index (χ1v) is 7.08. The third-order valence-electron chi connectivity index (χ3n) is 3.51. The molecule has 1 aliphatic rings. The van der Waals surface area contributed by atoms with E-state index in [1.165, 1.54) is 6.92 Å². The van der Waals surface area contributed by atoms with Crippen molar-refractivity contribution in [3.05, 3.63) is 35.9 Å². The van der Waals surface area contributed by atoms with Gasteiger partial charge in [0.05, 0.1) is 13.2 Å². The molecule has 1 aromatic rings. The highest BCUT2D eigenvalue weighted by molar-refractivity contribution is 5.73. The van der Waals surface area contributed by atoms with E-state index in [1.54, 1.807) is 0 Å². The Balaban J connectivity index is 2.07. The number of carbonyl (C=O) groups excluding carboxylic acids is 1. The summed E-state index contributed by atoms with van der Waals surface area (Å²) in [6.07, 6.45) is -4.55. The van der Waals surface area contributed by atoms with Crippen LogP contribution in [0.1, 0.15) is 12.5 Å². The predicted octanol–water partition coefficient (Wildman–Crippen LogP) is -0.853. The average molecular weight is 311 g/mol. The van der Waals surface area contributed by atoms with Gasteiger partial charge in [-0.3, -0.25) is 4.79 Å². The third-order valence-corrected chi connectivity index (χ3v) is 3.51. The van der Waals surface area contributed by atoms with Crippen LogP contribution >= 0.6 is 0 Å². The van der Waals surface area contributed by atoms with E-state index in [0.29, 0.717) is 0 Å². The zero-order valence-corrected chi connectivity index (χ0v) is 12.3. The van der Waals surface area contributed by atoms with Crippen molar-refractivity contribution in [1.29, 1.82) is 0 Å². The molecule has 0 bridgehead atoms. The molecule has 1 fully saturated rings. The highest BCUT2D eigenvalue weighted by atomic mass is 16.7. The highest BCUT2D eigenvalue weighted by Crippen LogP contribution is 2.23. The van der Waals surface area contributed by atoms with E-state index in [1.807, 2.05) is 30.3 Å². The van der Waals surface area contributed by atoms with Gasteiger partial charge in [0.2, 0.25) is 5.91 Å². The van der Waals surface area contributed by atoms with E-state index in [-0.39, 0.29) is 12.5 Å². The highest BCUT2D eigenvalue weighted by Gasteiger charge is 2.45. The largest absolute Gasteiger partial charge is 0.394 e. The monoisotopic (exact) mass is 311 g/mol. The fourth-order valence-electron chi connectivity index (χ4n) is 2.37. The molecule has 0 aliphatic carbocycles. The molecule has 1 amide bonds. The van der Waals surface area contributed by atoms with Crippen LogP contribution in [0, 0.1) is 0 Å². The van der Waals surface area contributed by atoms with Gasteiger partial charge in [0, 0.05) is 6.92 Å². The molecule has 0 saturated carbocycles. The minimum atomic E-state index is -1.31. The molecule has 0 aromatic heterocycles. The summed E-state index contributed by atoms with van der Waals surface area (Å²) in [6, 6.07) is 8.42. The van der Waals surface area contributed by atoms with Crippen LogP contribution in [0.4, 0.5) is 0 Å². The Morgan fingerprint density at radius 3 is 2.55 bits per heavy atom. The Hall–Kier alpha value is -1.51. The van der Waals surface area contributed by atoms with E-state index < -0.39 is 37.3 Å². The molecule has 0 unspecified atom stereocenters. The van der Waals surface area contributed by atoms with Gasteiger partial charge in [-0.05, 0) is 5.56 Å². The number of ether oxygens (including phenoxy) is 2. The average Bonchev–Trinajstić information content (AvgIpc) is 2.52. The number of nitrogens with one attached hydrogen (secondary N) is 1. The summed E-state index contributed by atoms with van der Waals surface area (Å²) in [7, 11) is 0. The van der Waals surface area contributed by atoms with E-state index in [2.05, 4.69) is 5.32 Å². The smallest absolute Gasteiger partial charge is 0.217 e. The van der Waals surface area contributed by atoms with Crippen molar-refractivity contribution in [1.82, 2.24) is 5.32 Å². The molecule has 7 nitrogen and oxygen atoms in total. The number of benzene rings is 1. The number of rotatable bonds is 5. The van der Waals surface area contributed by atoms with Gasteiger partial charge in [-0.15, -0.1) is 0 Å². The standard InChI is InChI=1S/C15H21NO6/c1-9(18)16-12-14(20)13(19)11(7-17)22-15(12)21-8-10-5-3-2-4-6-10/h2-6,11-15,17,19-20H,7-8H2,1H3,(H,16,18)/t11-,12+,13+,14+,15+/m1/s1. The van der Waals surface area contributed by atoms with Gasteiger partial charge in [-0.25, -0.2) is 0 Å². The van der Waals surface area contributed by atoms with Crippen LogP contribution in [0.5, 0.6) is 0 Å². The maximum atomic E-state index is 11.3. The van der Waals surface area contributed by atoms with Gasteiger partial charge in [-0.2, -0.15) is 0 Å². The number of aliphatic hydroxyl groups is 3. The van der Waals surface area contributed by atoms with Crippen LogP contribution in [-0.2, 0) is 20.9 Å². The molecule has 1 heterocycles. The summed E-state index contributed by atoms with van der Waals surface area (Å²) in [4.78, 5) is 11.3. The normalized spacial score (nSPS) is 31.7. The molecular formula is C15H21NO6. The lowest BCUT2D eigenvalue weighted by Gasteiger charge is -2.42. The van der Waals surface area contributed by atoms with Crippen LogP contribution in [0.2, 0.25) is 0 Å². The fourth-order valence-corrected chi connectivity index (χ4v) is 2.37. The summed E-state index contributed by atoms with van der Waals surface area (Å²) in [5.41, 5.74) is 0.897. The molecule has 7 heteroatoms. The third kappa shape index (κ3) is 4.02. The second-order valence-electron chi connectivity index (χ2n) is 5.23.